The number of nitrogens with zero attached hydrogens (tertiary/aromatic N) is 2. The van der Waals surface area contributed by atoms with Gasteiger partial charge >= 0.3 is 5.97 Å². The SMILES string of the molecule is COC(=O)c1cncc(OCc2ccccc2Br)n1. The van der Waals surface area contributed by atoms with Crippen molar-refractivity contribution in [3.63, 3.8) is 0 Å². The molecule has 0 amide bonds. The van der Waals surface area contributed by atoms with Crippen LogP contribution in [0.3, 0.4) is 0 Å². The summed E-state index contributed by atoms with van der Waals surface area (Å²) < 4.78 is 11.0. The van der Waals surface area contributed by atoms with Crippen molar-refractivity contribution in [2.75, 3.05) is 7.11 Å². The second kappa shape index (κ2) is 6.29. The fourth-order valence-corrected chi connectivity index (χ4v) is 1.79. The molecule has 0 radical (unpaired) electrons. The van der Waals surface area contributed by atoms with Crippen molar-refractivity contribution in [1.82, 2.24) is 9.97 Å². The first-order valence-electron chi connectivity index (χ1n) is 5.47. The number of esters is 1. The number of methoxy groups -OCH3 is 1. The van der Waals surface area contributed by atoms with Gasteiger partial charge in [0.15, 0.2) is 5.69 Å². The summed E-state index contributed by atoms with van der Waals surface area (Å²) >= 11 is 3.43. The molecule has 0 aliphatic carbocycles. The molecule has 0 spiro atoms. The highest BCUT2D eigenvalue weighted by atomic mass is 79.9. The molecule has 0 saturated carbocycles. The minimum Gasteiger partial charge on any atom is -0.472 e. The van der Waals surface area contributed by atoms with E-state index < -0.39 is 5.97 Å². The number of rotatable bonds is 4. The monoisotopic (exact) mass is 322 g/mol. The molecule has 0 atom stereocenters. The Morgan fingerprint density at radius 1 is 1.32 bits per heavy atom. The number of benzene rings is 1. The van der Waals surface area contributed by atoms with Crippen molar-refractivity contribution in [3.05, 3.63) is 52.4 Å². The Labute approximate surface area is 118 Å². The van der Waals surface area contributed by atoms with Crippen LogP contribution in [-0.4, -0.2) is 23.0 Å². The molecule has 0 N–H and O–H groups in total. The number of aromatic nitrogens is 2. The Balaban J connectivity index is 2.08. The average Bonchev–Trinajstić information content (AvgIpc) is 2.46. The maximum absolute atomic E-state index is 11.3. The summed E-state index contributed by atoms with van der Waals surface area (Å²) in [6.45, 7) is 0.334. The number of ether oxygens (including phenoxy) is 2. The fraction of sp³-hybridized carbons (Fsp3) is 0.154. The number of hydrogen-bond acceptors (Lipinski definition) is 5. The Hall–Kier alpha value is -1.95. The van der Waals surface area contributed by atoms with Gasteiger partial charge in [-0.3, -0.25) is 4.98 Å². The molecule has 2 aromatic rings. The number of carbonyl (C=O) groups excluding carboxylic acids is 1. The molecule has 2 rings (SSSR count). The Kier molecular flexibility index (Phi) is 4.46. The lowest BCUT2D eigenvalue weighted by atomic mass is 10.2. The molecule has 1 heterocycles. The van der Waals surface area contributed by atoms with Crippen molar-refractivity contribution >= 4 is 21.9 Å². The predicted molar refractivity (Wildman–Crippen MR) is 71.8 cm³/mol. The molecular weight excluding hydrogens is 312 g/mol. The molecule has 19 heavy (non-hydrogen) atoms. The molecule has 5 nitrogen and oxygen atoms in total. The Morgan fingerprint density at radius 3 is 2.84 bits per heavy atom. The molecule has 0 aliphatic heterocycles. The highest BCUT2D eigenvalue weighted by molar-refractivity contribution is 9.10. The first-order valence-corrected chi connectivity index (χ1v) is 6.26. The van der Waals surface area contributed by atoms with E-state index in [0.29, 0.717) is 6.61 Å². The van der Waals surface area contributed by atoms with E-state index in [0.717, 1.165) is 10.0 Å². The second-order valence-electron chi connectivity index (χ2n) is 3.61. The van der Waals surface area contributed by atoms with E-state index in [1.54, 1.807) is 0 Å². The standard InChI is InChI=1S/C13H11BrN2O3/c1-18-13(17)11-6-15-7-12(16-11)19-8-9-4-2-3-5-10(9)14/h2-7H,8H2,1H3. The van der Waals surface area contributed by atoms with Gasteiger partial charge in [-0.1, -0.05) is 34.1 Å². The van der Waals surface area contributed by atoms with Gasteiger partial charge in [0.05, 0.1) is 19.5 Å². The third kappa shape index (κ3) is 3.51. The van der Waals surface area contributed by atoms with Gasteiger partial charge in [0.25, 0.3) is 0 Å². The summed E-state index contributed by atoms with van der Waals surface area (Å²) in [5.74, 6) is -0.266. The lowest BCUT2D eigenvalue weighted by Crippen LogP contribution is -2.07. The van der Waals surface area contributed by atoms with Crippen LogP contribution >= 0.6 is 15.9 Å². The number of carbonyl (C=O) groups is 1. The van der Waals surface area contributed by atoms with Gasteiger partial charge in [0.2, 0.25) is 5.88 Å². The highest BCUT2D eigenvalue weighted by Crippen LogP contribution is 2.17. The zero-order chi connectivity index (χ0) is 13.7. The summed E-state index contributed by atoms with van der Waals surface area (Å²) in [7, 11) is 1.29. The topological polar surface area (TPSA) is 61.3 Å². The summed E-state index contributed by atoms with van der Waals surface area (Å²) in [6, 6.07) is 7.70. The molecule has 1 aromatic carbocycles. The Morgan fingerprint density at radius 2 is 2.11 bits per heavy atom. The summed E-state index contributed by atoms with van der Waals surface area (Å²) in [5, 5.41) is 0. The van der Waals surface area contributed by atoms with Crippen molar-refractivity contribution in [2.24, 2.45) is 0 Å². The van der Waals surface area contributed by atoms with Crippen LogP contribution in [0.15, 0.2) is 41.1 Å². The van der Waals surface area contributed by atoms with Crippen molar-refractivity contribution in [2.45, 2.75) is 6.61 Å². The molecule has 0 aliphatic rings. The fourth-order valence-electron chi connectivity index (χ4n) is 1.39. The van der Waals surface area contributed by atoms with Crippen molar-refractivity contribution in [1.29, 1.82) is 0 Å². The first kappa shape index (κ1) is 13.5. The lowest BCUT2D eigenvalue weighted by Gasteiger charge is -2.07. The zero-order valence-corrected chi connectivity index (χ0v) is 11.8. The van der Waals surface area contributed by atoms with Crippen LogP contribution in [0, 0.1) is 0 Å². The molecular formula is C13H11BrN2O3. The van der Waals surface area contributed by atoms with Crippen molar-refractivity contribution < 1.29 is 14.3 Å². The summed E-state index contributed by atoms with van der Waals surface area (Å²) in [5.41, 5.74) is 1.10. The lowest BCUT2D eigenvalue weighted by molar-refractivity contribution is 0.0592. The van der Waals surface area contributed by atoms with Gasteiger partial charge in [-0.05, 0) is 6.07 Å². The third-order valence-electron chi connectivity index (χ3n) is 2.34. The summed E-state index contributed by atoms with van der Waals surface area (Å²) in [4.78, 5) is 19.2. The molecule has 0 saturated heterocycles. The van der Waals surface area contributed by atoms with E-state index in [9.17, 15) is 4.79 Å². The van der Waals surface area contributed by atoms with E-state index in [-0.39, 0.29) is 11.6 Å². The number of hydrogen-bond donors (Lipinski definition) is 0. The van der Waals surface area contributed by atoms with Crippen LogP contribution in [0.25, 0.3) is 0 Å². The van der Waals surface area contributed by atoms with Gasteiger partial charge in [0, 0.05) is 10.0 Å². The maximum Gasteiger partial charge on any atom is 0.358 e. The van der Waals surface area contributed by atoms with Crippen LogP contribution in [0.4, 0.5) is 0 Å². The van der Waals surface area contributed by atoms with Gasteiger partial charge in [-0.15, -0.1) is 0 Å². The van der Waals surface area contributed by atoms with E-state index in [1.165, 1.54) is 19.5 Å². The average molecular weight is 323 g/mol. The molecule has 6 heteroatoms. The molecule has 0 fully saturated rings. The number of halogens is 1. The predicted octanol–water partition coefficient (Wildman–Crippen LogP) is 2.60. The van der Waals surface area contributed by atoms with Gasteiger partial charge in [-0.25, -0.2) is 9.78 Å². The van der Waals surface area contributed by atoms with Crippen LogP contribution in [0.1, 0.15) is 16.1 Å². The highest BCUT2D eigenvalue weighted by Gasteiger charge is 2.09. The van der Waals surface area contributed by atoms with E-state index in [2.05, 4.69) is 30.6 Å². The molecule has 1 aromatic heterocycles. The van der Waals surface area contributed by atoms with Crippen LogP contribution in [0.5, 0.6) is 5.88 Å². The van der Waals surface area contributed by atoms with E-state index in [4.69, 9.17) is 4.74 Å². The minimum atomic E-state index is -0.543. The van der Waals surface area contributed by atoms with E-state index >= 15 is 0 Å². The maximum atomic E-state index is 11.3. The minimum absolute atomic E-state index is 0.118. The van der Waals surface area contributed by atoms with Gasteiger partial charge < -0.3 is 9.47 Å². The van der Waals surface area contributed by atoms with Crippen LogP contribution in [-0.2, 0) is 11.3 Å². The zero-order valence-electron chi connectivity index (χ0n) is 10.2. The first-order chi connectivity index (χ1) is 9.20. The van der Waals surface area contributed by atoms with Crippen LogP contribution < -0.4 is 4.74 Å². The largest absolute Gasteiger partial charge is 0.472 e. The van der Waals surface area contributed by atoms with Gasteiger partial charge in [0.1, 0.15) is 6.61 Å². The van der Waals surface area contributed by atoms with Gasteiger partial charge in [-0.2, -0.15) is 0 Å². The normalized spacial score (nSPS) is 10.0. The molecule has 0 bridgehead atoms. The second-order valence-corrected chi connectivity index (χ2v) is 4.47. The van der Waals surface area contributed by atoms with Crippen LogP contribution in [0.2, 0.25) is 0 Å². The quantitative estimate of drug-likeness (QED) is 0.810. The third-order valence-corrected chi connectivity index (χ3v) is 3.11. The van der Waals surface area contributed by atoms with E-state index in [1.807, 2.05) is 24.3 Å². The Bertz CT molecular complexity index is 590. The smallest absolute Gasteiger partial charge is 0.358 e. The molecule has 0 unspecified atom stereocenters. The van der Waals surface area contributed by atoms with Crippen molar-refractivity contribution in [3.8, 4) is 5.88 Å². The molecule has 98 valence electrons. The summed E-state index contributed by atoms with van der Waals surface area (Å²) in [6.07, 6.45) is 2.78.